The third-order valence-corrected chi connectivity index (χ3v) is 5.25. The largest absolute Gasteiger partial charge is 0.383 e. The zero-order valence-corrected chi connectivity index (χ0v) is 14.8. The molecule has 3 rings (SSSR count). The second-order valence-electron chi connectivity index (χ2n) is 6.12. The zero-order chi connectivity index (χ0) is 17.2. The van der Waals surface area contributed by atoms with E-state index in [2.05, 4.69) is 15.2 Å². The number of rotatable bonds is 5. The lowest BCUT2D eigenvalue weighted by molar-refractivity contribution is -0.128. The van der Waals surface area contributed by atoms with Gasteiger partial charge >= 0.3 is 0 Å². The molecule has 2 N–H and O–H groups in total. The van der Waals surface area contributed by atoms with Crippen LogP contribution in [0.2, 0.25) is 0 Å². The monoisotopic (exact) mass is 346 g/mol. The van der Waals surface area contributed by atoms with Gasteiger partial charge in [-0.05, 0) is 24.5 Å². The SMILES string of the molecule is CCc1nc(SCC(=O)N2CCC(O)(c3ccccc3C)C2)n[nH]1. The minimum atomic E-state index is -0.953. The summed E-state index contributed by atoms with van der Waals surface area (Å²) in [5.41, 5.74) is 1.01. The van der Waals surface area contributed by atoms with Crippen molar-refractivity contribution in [1.29, 1.82) is 0 Å². The molecule has 1 aliphatic heterocycles. The Bertz CT molecular complexity index is 733. The van der Waals surface area contributed by atoms with Crippen LogP contribution in [0.4, 0.5) is 0 Å². The molecule has 0 aliphatic carbocycles. The smallest absolute Gasteiger partial charge is 0.233 e. The van der Waals surface area contributed by atoms with Crippen molar-refractivity contribution in [3.63, 3.8) is 0 Å². The number of nitrogens with one attached hydrogen (secondary N) is 1. The van der Waals surface area contributed by atoms with E-state index < -0.39 is 5.60 Å². The molecule has 1 aromatic heterocycles. The van der Waals surface area contributed by atoms with Gasteiger partial charge < -0.3 is 10.0 Å². The van der Waals surface area contributed by atoms with Gasteiger partial charge in [0.2, 0.25) is 11.1 Å². The Labute approximate surface area is 145 Å². The van der Waals surface area contributed by atoms with Gasteiger partial charge in [0, 0.05) is 13.0 Å². The first-order valence-corrected chi connectivity index (χ1v) is 9.11. The van der Waals surface area contributed by atoms with E-state index in [1.165, 1.54) is 11.8 Å². The van der Waals surface area contributed by atoms with Crippen LogP contribution in [0.15, 0.2) is 29.4 Å². The first-order chi connectivity index (χ1) is 11.5. The van der Waals surface area contributed by atoms with E-state index in [4.69, 9.17) is 0 Å². The molecule has 2 aromatic rings. The minimum absolute atomic E-state index is 0.00681. The van der Waals surface area contributed by atoms with Gasteiger partial charge in [0.15, 0.2) is 0 Å². The minimum Gasteiger partial charge on any atom is -0.383 e. The third-order valence-electron chi connectivity index (χ3n) is 4.42. The van der Waals surface area contributed by atoms with Gasteiger partial charge in [0.1, 0.15) is 11.4 Å². The molecule has 1 fully saturated rings. The van der Waals surface area contributed by atoms with Crippen molar-refractivity contribution >= 4 is 17.7 Å². The van der Waals surface area contributed by atoms with Crippen LogP contribution >= 0.6 is 11.8 Å². The maximum absolute atomic E-state index is 12.4. The highest BCUT2D eigenvalue weighted by Crippen LogP contribution is 2.34. The Hall–Kier alpha value is -1.86. The number of amides is 1. The molecule has 0 saturated carbocycles. The standard InChI is InChI=1S/C17H22N4O2S/c1-3-14-18-16(20-19-14)24-10-15(22)21-9-8-17(23,11-21)13-7-5-4-6-12(13)2/h4-7,23H,3,8-11H2,1-2H3,(H,18,19,20). The van der Waals surface area contributed by atoms with Crippen molar-refractivity contribution in [2.45, 2.75) is 37.4 Å². The van der Waals surface area contributed by atoms with Crippen LogP contribution < -0.4 is 0 Å². The molecule has 7 heteroatoms. The molecule has 1 amide bonds. The molecule has 1 aliphatic rings. The van der Waals surface area contributed by atoms with E-state index >= 15 is 0 Å². The van der Waals surface area contributed by atoms with Gasteiger partial charge in [0.05, 0.1) is 12.3 Å². The second kappa shape index (κ2) is 6.94. The predicted molar refractivity (Wildman–Crippen MR) is 92.8 cm³/mol. The van der Waals surface area contributed by atoms with E-state index in [0.717, 1.165) is 23.4 Å². The van der Waals surface area contributed by atoms with Crippen LogP contribution in [-0.4, -0.2) is 49.9 Å². The molecular weight excluding hydrogens is 324 g/mol. The number of hydrogen-bond donors (Lipinski definition) is 2. The highest BCUT2D eigenvalue weighted by Gasteiger charge is 2.40. The van der Waals surface area contributed by atoms with Crippen LogP contribution in [0.5, 0.6) is 0 Å². The fourth-order valence-electron chi connectivity index (χ4n) is 3.04. The highest BCUT2D eigenvalue weighted by atomic mass is 32.2. The predicted octanol–water partition coefficient (Wildman–Crippen LogP) is 1.89. The Kier molecular flexibility index (Phi) is 4.91. The normalized spacial score (nSPS) is 20.5. The van der Waals surface area contributed by atoms with Gasteiger partial charge in [-0.1, -0.05) is 43.0 Å². The van der Waals surface area contributed by atoms with Gasteiger partial charge in [0.25, 0.3) is 0 Å². The number of nitrogens with zero attached hydrogens (tertiary/aromatic N) is 3. The number of aliphatic hydroxyl groups is 1. The number of hydrogen-bond acceptors (Lipinski definition) is 5. The topological polar surface area (TPSA) is 82.1 Å². The van der Waals surface area contributed by atoms with Crippen LogP contribution in [-0.2, 0) is 16.8 Å². The molecule has 1 saturated heterocycles. The van der Waals surface area contributed by atoms with E-state index in [9.17, 15) is 9.90 Å². The van der Waals surface area contributed by atoms with Crippen molar-refractivity contribution in [2.24, 2.45) is 0 Å². The Morgan fingerprint density at radius 3 is 2.96 bits per heavy atom. The maximum Gasteiger partial charge on any atom is 0.233 e. The molecule has 1 aromatic carbocycles. The number of β-amino-alcohol motifs (C(OH)–C–C–N with tert-alkyl or cyclic N) is 1. The van der Waals surface area contributed by atoms with E-state index in [1.54, 1.807) is 4.90 Å². The van der Waals surface area contributed by atoms with Gasteiger partial charge in [-0.3, -0.25) is 9.89 Å². The average Bonchev–Trinajstić information content (AvgIpc) is 3.20. The number of benzene rings is 1. The van der Waals surface area contributed by atoms with E-state index in [0.29, 0.717) is 24.7 Å². The fourth-order valence-corrected chi connectivity index (χ4v) is 3.76. The molecule has 2 heterocycles. The lowest BCUT2D eigenvalue weighted by Crippen LogP contribution is -2.35. The summed E-state index contributed by atoms with van der Waals surface area (Å²) in [5.74, 6) is 1.11. The van der Waals surface area contributed by atoms with Crippen LogP contribution in [0, 0.1) is 6.92 Å². The summed E-state index contributed by atoms with van der Waals surface area (Å²) >= 11 is 1.32. The van der Waals surface area contributed by atoms with Crippen molar-refractivity contribution in [2.75, 3.05) is 18.8 Å². The zero-order valence-electron chi connectivity index (χ0n) is 14.0. The van der Waals surface area contributed by atoms with Crippen molar-refractivity contribution in [3.05, 3.63) is 41.2 Å². The molecule has 1 atom stereocenters. The molecule has 6 nitrogen and oxygen atoms in total. The van der Waals surface area contributed by atoms with Crippen LogP contribution in [0.25, 0.3) is 0 Å². The van der Waals surface area contributed by atoms with Gasteiger partial charge in [-0.15, -0.1) is 5.10 Å². The number of aromatic amines is 1. The molecular formula is C17H22N4O2S. The summed E-state index contributed by atoms with van der Waals surface area (Å²) < 4.78 is 0. The number of carbonyl (C=O) groups excluding carboxylic acids is 1. The Morgan fingerprint density at radius 1 is 1.46 bits per heavy atom. The van der Waals surface area contributed by atoms with E-state index in [1.807, 2.05) is 38.1 Å². The lowest BCUT2D eigenvalue weighted by atomic mass is 9.89. The molecule has 0 bridgehead atoms. The second-order valence-corrected chi connectivity index (χ2v) is 7.06. The summed E-state index contributed by atoms with van der Waals surface area (Å²) in [6.07, 6.45) is 1.35. The maximum atomic E-state index is 12.4. The fraction of sp³-hybridized carbons (Fsp3) is 0.471. The number of aromatic nitrogens is 3. The third kappa shape index (κ3) is 3.47. The van der Waals surface area contributed by atoms with Crippen LogP contribution in [0.1, 0.15) is 30.3 Å². The van der Waals surface area contributed by atoms with Crippen molar-refractivity contribution in [3.8, 4) is 0 Å². The first kappa shape index (κ1) is 17.0. The lowest BCUT2D eigenvalue weighted by Gasteiger charge is -2.25. The molecule has 24 heavy (non-hydrogen) atoms. The van der Waals surface area contributed by atoms with E-state index in [-0.39, 0.29) is 11.7 Å². The van der Waals surface area contributed by atoms with Crippen molar-refractivity contribution in [1.82, 2.24) is 20.1 Å². The summed E-state index contributed by atoms with van der Waals surface area (Å²) in [4.78, 5) is 18.4. The van der Waals surface area contributed by atoms with Crippen molar-refractivity contribution < 1.29 is 9.90 Å². The number of H-pyrrole nitrogens is 1. The highest BCUT2D eigenvalue weighted by molar-refractivity contribution is 7.99. The van der Waals surface area contributed by atoms with Gasteiger partial charge in [-0.2, -0.15) is 0 Å². The number of likely N-dealkylation sites (tertiary alicyclic amines) is 1. The number of thioether (sulfide) groups is 1. The quantitative estimate of drug-likeness (QED) is 0.808. The molecule has 0 radical (unpaired) electrons. The Balaban J connectivity index is 1.60. The number of aryl methyl sites for hydroxylation is 2. The molecule has 1 unspecified atom stereocenters. The molecule has 0 spiro atoms. The summed E-state index contributed by atoms with van der Waals surface area (Å²) in [5, 5.41) is 18.5. The van der Waals surface area contributed by atoms with Crippen LogP contribution in [0.3, 0.4) is 0 Å². The first-order valence-electron chi connectivity index (χ1n) is 8.12. The molecule has 128 valence electrons. The summed E-state index contributed by atoms with van der Waals surface area (Å²) in [7, 11) is 0. The number of carbonyl (C=O) groups is 1. The van der Waals surface area contributed by atoms with Gasteiger partial charge in [-0.25, -0.2) is 4.98 Å². The average molecular weight is 346 g/mol. The summed E-state index contributed by atoms with van der Waals surface area (Å²) in [6.45, 7) is 4.89. The summed E-state index contributed by atoms with van der Waals surface area (Å²) in [6, 6.07) is 7.81. The Morgan fingerprint density at radius 2 is 2.25 bits per heavy atom.